The second-order valence-electron chi connectivity index (χ2n) is 4.55. The summed E-state index contributed by atoms with van der Waals surface area (Å²) in [5.74, 6) is 1.71. The Hall–Kier alpha value is -1.71. The predicted octanol–water partition coefficient (Wildman–Crippen LogP) is 2.21. The van der Waals surface area contributed by atoms with Crippen LogP contribution in [-0.2, 0) is 11.2 Å². The fourth-order valence-electron chi connectivity index (χ4n) is 2.36. The third-order valence-electron chi connectivity index (χ3n) is 3.25. The van der Waals surface area contributed by atoms with E-state index in [1.54, 1.807) is 6.92 Å². The van der Waals surface area contributed by atoms with Crippen molar-refractivity contribution in [1.82, 2.24) is 4.90 Å². The molecule has 0 spiro atoms. The Balaban J connectivity index is 2.07. The molecule has 0 radical (unpaired) electrons. The summed E-state index contributed by atoms with van der Waals surface area (Å²) in [7, 11) is 0. The van der Waals surface area contributed by atoms with Crippen molar-refractivity contribution in [2.24, 2.45) is 0 Å². The van der Waals surface area contributed by atoms with Crippen LogP contribution in [0.3, 0.4) is 0 Å². The number of rotatable bonds is 4. The van der Waals surface area contributed by atoms with Gasteiger partial charge in [-0.1, -0.05) is 6.07 Å². The van der Waals surface area contributed by atoms with Crippen LogP contribution in [-0.4, -0.2) is 30.2 Å². The van der Waals surface area contributed by atoms with Gasteiger partial charge in [0.2, 0.25) is 12.7 Å². The van der Waals surface area contributed by atoms with Crippen LogP contribution < -0.4 is 9.47 Å². The molecule has 1 atom stereocenters. The fourth-order valence-corrected chi connectivity index (χ4v) is 2.36. The van der Waals surface area contributed by atoms with Crippen molar-refractivity contribution in [2.75, 3.05) is 13.3 Å². The molecule has 2 rings (SSSR count). The number of nitrogens with zero attached hydrogens (tertiary/aromatic N) is 1. The lowest BCUT2D eigenvalue weighted by Crippen LogP contribution is -2.38. The molecule has 1 aliphatic rings. The number of benzene rings is 1. The average Bonchev–Trinajstić information content (AvgIpc) is 2.76. The number of hydrogen-bond donors (Lipinski definition) is 0. The molecule has 1 aromatic rings. The summed E-state index contributed by atoms with van der Waals surface area (Å²) in [5, 5.41) is 0. The monoisotopic (exact) mass is 249 g/mol. The molecule has 1 aromatic carbocycles. The average molecular weight is 249 g/mol. The van der Waals surface area contributed by atoms with Gasteiger partial charge in [-0.25, -0.2) is 0 Å². The first-order valence-electron chi connectivity index (χ1n) is 6.27. The molecule has 0 N–H and O–H groups in total. The number of carbonyl (C=O) groups is 1. The maximum absolute atomic E-state index is 11.5. The first-order valence-corrected chi connectivity index (χ1v) is 6.27. The summed E-state index contributed by atoms with van der Waals surface area (Å²) in [5.41, 5.74) is 1.16. The van der Waals surface area contributed by atoms with Gasteiger partial charge in [0.1, 0.15) is 0 Å². The van der Waals surface area contributed by atoms with Crippen LogP contribution in [0.2, 0.25) is 0 Å². The summed E-state index contributed by atoms with van der Waals surface area (Å²) in [6.45, 7) is 6.70. The minimum atomic E-state index is 0.116. The number of carbonyl (C=O) groups excluding carboxylic acids is 1. The first kappa shape index (κ1) is 12.7. The molecule has 0 aromatic heterocycles. The van der Waals surface area contributed by atoms with Crippen molar-refractivity contribution in [3.8, 4) is 11.5 Å². The molecule has 0 fully saturated rings. The van der Waals surface area contributed by atoms with Gasteiger partial charge in [0.05, 0.1) is 0 Å². The maximum Gasteiger partial charge on any atom is 0.231 e. The van der Waals surface area contributed by atoms with Gasteiger partial charge in [0.25, 0.3) is 0 Å². The second kappa shape index (κ2) is 5.29. The Morgan fingerprint density at radius 3 is 2.78 bits per heavy atom. The van der Waals surface area contributed by atoms with Crippen molar-refractivity contribution in [3.63, 3.8) is 0 Å². The van der Waals surface area contributed by atoms with Gasteiger partial charge >= 0.3 is 0 Å². The van der Waals surface area contributed by atoms with E-state index in [1.165, 1.54) is 0 Å². The summed E-state index contributed by atoms with van der Waals surface area (Å²) < 4.78 is 10.6. The molecule has 0 aliphatic carbocycles. The van der Waals surface area contributed by atoms with Gasteiger partial charge in [-0.3, -0.25) is 4.79 Å². The molecule has 1 heterocycles. The lowest BCUT2D eigenvalue weighted by molar-refractivity contribution is -0.130. The molecule has 4 heteroatoms. The Bertz CT molecular complexity index is 445. The highest BCUT2D eigenvalue weighted by Crippen LogP contribution is 2.32. The van der Waals surface area contributed by atoms with Gasteiger partial charge in [-0.15, -0.1) is 0 Å². The van der Waals surface area contributed by atoms with Crippen LogP contribution in [0.15, 0.2) is 18.2 Å². The summed E-state index contributed by atoms with van der Waals surface area (Å²) in [6, 6.07) is 6.13. The van der Waals surface area contributed by atoms with E-state index in [2.05, 4.69) is 6.92 Å². The lowest BCUT2D eigenvalue weighted by Gasteiger charge is -2.27. The quantitative estimate of drug-likeness (QED) is 0.821. The molecular formula is C14H19NO3. The van der Waals surface area contributed by atoms with E-state index in [-0.39, 0.29) is 11.9 Å². The van der Waals surface area contributed by atoms with E-state index in [0.29, 0.717) is 6.79 Å². The molecule has 4 nitrogen and oxygen atoms in total. The minimum Gasteiger partial charge on any atom is -0.454 e. The van der Waals surface area contributed by atoms with Crippen LogP contribution in [0.1, 0.15) is 26.3 Å². The van der Waals surface area contributed by atoms with Crippen LogP contribution in [0.5, 0.6) is 11.5 Å². The zero-order valence-corrected chi connectivity index (χ0v) is 11.1. The topological polar surface area (TPSA) is 38.8 Å². The van der Waals surface area contributed by atoms with Gasteiger partial charge < -0.3 is 14.4 Å². The van der Waals surface area contributed by atoms with Crippen molar-refractivity contribution in [3.05, 3.63) is 23.8 Å². The highest BCUT2D eigenvalue weighted by Gasteiger charge is 2.18. The molecule has 0 bridgehead atoms. The number of ether oxygens (including phenoxy) is 2. The second-order valence-corrected chi connectivity index (χ2v) is 4.55. The van der Waals surface area contributed by atoms with E-state index >= 15 is 0 Å². The molecule has 1 unspecified atom stereocenters. The van der Waals surface area contributed by atoms with Crippen LogP contribution >= 0.6 is 0 Å². The van der Waals surface area contributed by atoms with Crippen LogP contribution in [0, 0.1) is 0 Å². The molecule has 18 heavy (non-hydrogen) atoms. The zero-order valence-electron chi connectivity index (χ0n) is 11.1. The normalized spacial score (nSPS) is 14.4. The van der Waals surface area contributed by atoms with Crippen molar-refractivity contribution < 1.29 is 14.3 Å². The number of amides is 1. The molecular weight excluding hydrogens is 230 g/mol. The van der Waals surface area contributed by atoms with Gasteiger partial charge in [0.15, 0.2) is 11.5 Å². The van der Waals surface area contributed by atoms with E-state index in [4.69, 9.17) is 9.47 Å². The Morgan fingerprint density at radius 2 is 2.11 bits per heavy atom. The molecule has 1 amide bonds. The molecule has 98 valence electrons. The summed E-state index contributed by atoms with van der Waals surface area (Å²) in [6.07, 6.45) is 0.823. The number of hydrogen-bond acceptors (Lipinski definition) is 3. The molecule has 0 saturated carbocycles. The van der Waals surface area contributed by atoms with Crippen molar-refractivity contribution >= 4 is 5.91 Å². The van der Waals surface area contributed by atoms with Crippen molar-refractivity contribution in [1.29, 1.82) is 0 Å². The van der Waals surface area contributed by atoms with Crippen LogP contribution in [0.4, 0.5) is 0 Å². The lowest BCUT2D eigenvalue weighted by atomic mass is 10.1. The number of fused-ring (bicyclic) bond motifs is 1. The van der Waals surface area contributed by atoms with Gasteiger partial charge in [-0.2, -0.15) is 0 Å². The zero-order chi connectivity index (χ0) is 13.1. The SMILES string of the molecule is CCN(C(C)=O)C(C)Cc1ccc2c(c1)OCO2. The van der Waals surface area contributed by atoms with E-state index in [9.17, 15) is 4.79 Å². The summed E-state index contributed by atoms with van der Waals surface area (Å²) >= 11 is 0. The van der Waals surface area contributed by atoms with E-state index < -0.39 is 0 Å². The van der Waals surface area contributed by atoms with Gasteiger partial charge in [0, 0.05) is 19.5 Å². The third-order valence-corrected chi connectivity index (χ3v) is 3.25. The number of likely N-dealkylation sites (N-methyl/N-ethyl adjacent to an activating group) is 1. The Morgan fingerprint density at radius 1 is 1.39 bits per heavy atom. The largest absolute Gasteiger partial charge is 0.454 e. The van der Waals surface area contributed by atoms with Gasteiger partial charge in [-0.05, 0) is 38.0 Å². The van der Waals surface area contributed by atoms with E-state index in [1.807, 2.05) is 30.0 Å². The van der Waals surface area contributed by atoms with Crippen molar-refractivity contribution in [2.45, 2.75) is 33.2 Å². The standard InChI is InChI=1S/C14H19NO3/c1-4-15(11(3)16)10(2)7-12-5-6-13-14(8-12)18-9-17-13/h5-6,8,10H,4,7,9H2,1-3H3. The Labute approximate surface area is 107 Å². The highest BCUT2D eigenvalue weighted by molar-refractivity contribution is 5.73. The highest BCUT2D eigenvalue weighted by atomic mass is 16.7. The molecule has 1 aliphatic heterocycles. The predicted molar refractivity (Wildman–Crippen MR) is 68.8 cm³/mol. The molecule has 0 saturated heterocycles. The Kier molecular flexibility index (Phi) is 3.75. The maximum atomic E-state index is 11.5. The van der Waals surface area contributed by atoms with Crippen LogP contribution in [0.25, 0.3) is 0 Å². The smallest absolute Gasteiger partial charge is 0.231 e. The van der Waals surface area contributed by atoms with E-state index in [0.717, 1.165) is 30.0 Å². The third kappa shape index (κ3) is 2.58. The first-order chi connectivity index (χ1) is 8.61. The fraction of sp³-hybridized carbons (Fsp3) is 0.500. The minimum absolute atomic E-state index is 0.116. The summed E-state index contributed by atoms with van der Waals surface area (Å²) in [4.78, 5) is 13.3.